The zero-order valence-corrected chi connectivity index (χ0v) is 27.9. The molecule has 0 N–H and O–H groups in total. The lowest BCUT2D eigenvalue weighted by Crippen LogP contribution is -2.16. The lowest BCUT2D eigenvalue weighted by atomic mass is 9.75. The van der Waals surface area contributed by atoms with Gasteiger partial charge in [0.1, 0.15) is 11.2 Å². The van der Waals surface area contributed by atoms with E-state index in [0.717, 1.165) is 16.6 Å². The van der Waals surface area contributed by atoms with Crippen LogP contribution >= 0.6 is 0 Å². The van der Waals surface area contributed by atoms with Gasteiger partial charge < -0.3 is 4.42 Å². The lowest BCUT2D eigenvalue weighted by Gasteiger charge is -2.27. The molecule has 0 bridgehead atoms. The highest BCUT2D eigenvalue weighted by Crippen LogP contribution is 2.59. The van der Waals surface area contributed by atoms with Crippen molar-refractivity contribution in [2.24, 2.45) is 0 Å². The average Bonchev–Trinajstić information content (AvgIpc) is 3.64. The van der Waals surface area contributed by atoms with E-state index in [1.807, 2.05) is 0 Å². The highest BCUT2D eigenvalue weighted by Gasteiger charge is 2.41. The van der Waals surface area contributed by atoms with Crippen molar-refractivity contribution < 1.29 is 4.42 Å². The molecule has 1 aliphatic carbocycles. The first-order valence-electron chi connectivity index (χ1n) is 17.5. The van der Waals surface area contributed by atoms with E-state index in [1.54, 1.807) is 0 Å². The fraction of sp³-hybridized carbons (Fsp3) is 0.0612. The summed E-state index contributed by atoms with van der Waals surface area (Å²) >= 11 is 0. The highest BCUT2D eigenvalue weighted by molar-refractivity contribution is 6.28. The molecular formula is C49H32O. The van der Waals surface area contributed by atoms with E-state index >= 15 is 0 Å². The van der Waals surface area contributed by atoms with Gasteiger partial charge in [-0.25, -0.2) is 0 Å². The summed E-state index contributed by atoms with van der Waals surface area (Å²) in [5.74, 6) is 0. The van der Waals surface area contributed by atoms with Crippen LogP contribution in [-0.2, 0) is 5.41 Å². The maximum Gasteiger partial charge on any atom is 0.136 e. The van der Waals surface area contributed by atoms with Gasteiger partial charge in [0.25, 0.3) is 0 Å². The monoisotopic (exact) mass is 636 g/mol. The number of hydrogen-bond donors (Lipinski definition) is 0. The molecule has 0 spiro atoms. The smallest absolute Gasteiger partial charge is 0.136 e. The summed E-state index contributed by atoms with van der Waals surface area (Å²) in [5, 5.41) is 12.4. The molecule has 11 rings (SSSR count). The fourth-order valence-electron chi connectivity index (χ4n) is 9.25. The Morgan fingerprint density at radius 2 is 0.960 bits per heavy atom. The summed E-state index contributed by atoms with van der Waals surface area (Å²) in [6.07, 6.45) is 0. The third-order valence-electron chi connectivity index (χ3n) is 11.4. The molecule has 1 heteroatoms. The van der Waals surface area contributed by atoms with Crippen LogP contribution in [0.2, 0.25) is 0 Å². The van der Waals surface area contributed by atoms with Crippen LogP contribution in [0.1, 0.15) is 25.0 Å². The Morgan fingerprint density at radius 3 is 1.68 bits per heavy atom. The van der Waals surface area contributed by atoms with Gasteiger partial charge in [-0.2, -0.15) is 0 Å². The molecule has 1 heterocycles. The maximum atomic E-state index is 6.79. The molecule has 234 valence electrons. The third kappa shape index (κ3) is 3.62. The highest BCUT2D eigenvalue weighted by atomic mass is 16.3. The van der Waals surface area contributed by atoms with E-state index < -0.39 is 0 Å². The van der Waals surface area contributed by atoms with Crippen LogP contribution in [-0.4, -0.2) is 0 Å². The van der Waals surface area contributed by atoms with E-state index in [2.05, 4.69) is 172 Å². The van der Waals surface area contributed by atoms with Crippen molar-refractivity contribution in [2.75, 3.05) is 0 Å². The second kappa shape index (κ2) is 9.94. The molecular weight excluding hydrogens is 605 g/mol. The van der Waals surface area contributed by atoms with Gasteiger partial charge in [0.05, 0.1) is 0 Å². The predicted octanol–water partition coefficient (Wildman–Crippen LogP) is 13.8. The first-order valence-corrected chi connectivity index (χ1v) is 17.5. The van der Waals surface area contributed by atoms with Gasteiger partial charge in [-0.15, -0.1) is 0 Å². The van der Waals surface area contributed by atoms with Crippen molar-refractivity contribution in [2.45, 2.75) is 19.3 Å². The lowest BCUT2D eigenvalue weighted by molar-refractivity contribution is 0.659. The van der Waals surface area contributed by atoms with Gasteiger partial charge in [0.2, 0.25) is 0 Å². The van der Waals surface area contributed by atoms with Gasteiger partial charge in [-0.3, -0.25) is 0 Å². The van der Waals surface area contributed by atoms with Crippen molar-refractivity contribution in [3.05, 3.63) is 169 Å². The molecule has 0 saturated carbocycles. The van der Waals surface area contributed by atoms with Gasteiger partial charge in [-0.05, 0) is 106 Å². The molecule has 50 heavy (non-hydrogen) atoms. The quantitative estimate of drug-likeness (QED) is 0.172. The third-order valence-corrected chi connectivity index (χ3v) is 11.4. The number of furan rings is 1. The fourth-order valence-corrected chi connectivity index (χ4v) is 9.25. The largest absolute Gasteiger partial charge is 0.456 e. The Kier molecular flexibility index (Phi) is 5.51. The molecule has 0 fully saturated rings. The molecule has 0 amide bonds. The SMILES string of the molecule is CC1(C)c2ccc3ccccc3c2-c2cc3oc4ccccc4c3c(-c3c4ccccc4c(-c4ccc5ccccc5c4)c4ccccc34)c21. The Morgan fingerprint density at radius 1 is 0.400 bits per heavy atom. The minimum Gasteiger partial charge on any atom is -0.456 e. The van der Waals surface area contributed by atoms with Crippen molar-refractivity contribution >= 4 is 65.0 Å². The minimum atomic E-state index is -0.254. The van der Waals surface area contributed by atoms with Crippen molar-refractivity contribution in [1.29, 1.82) is 0 Å². The van der Waals surface area contributed by atoms with Crippen molar-refractivity contribution in [3.63, 3.8) is 0 Å². The molecule has 1 aromatic heterocycles. The standard InChI is InChI=1S/C49H32O/c1-49(2)40-26-25-30-14-5-6-16-33(30)44(40)39-28-42-46(38-21-11-12-22-41(38)50-42)47(48(39)49)45-36-19-9-7-17-34(36)43(35-18-8-10-20-37(35)45)32-24-23-29-13-3-4-15-31(29)27-32/h3-28H,1-2H3. The van der Waals surface area contributed by atoms with E-state index in [1.165, 1.54) is 93.0 Å². The Hall–Kier alpha value is -6.18. The van der Waals surface area contributed by atoms with E-state index in [0.29, 0.717) is 0 Å². The summed E-state index contributed by atoms with van der Waals surface area (Å²) in [7, 11) is 0. The second-order valence-corrected chi connectivity index (χ2v) is 14.4. The second-order valence-electron chi connectivity index (χ2n) is 14.4. The number of para-hydroxylation sites is 1. The van der Waals surface area contributed by atoms with Crippen LogP contribution in [0.15, 0.2) is 162 Å². The maximum absolute atomic E-state index is 6.79. The summed E-state index contributed by atoms with van der Waals surface area (Å²) in [6, 6.07) is 58.0. The first-order chi connectivity index (χ1) is 24.6. The topological polar surface area (TPSA) is 13.1 Å². The molecule has 1 aliphatic rings. The normalized spacial score (nSPS) is 13.6. The van der Waals surface area contributed by atoms with Crippen molar-refractivity contribution in [3.8, 4) is 33.4 Å². The Labute approximate surface area is 290 Å². The van der Waals surface area contributed by atoms with Crippen LogP contribution in [0.3, 0.4) is 0 Å². The van der Waals surface area contributed by atoms with Gasteiger partial charge in [0, 0.05) is 16.2 Å². The average molecular weight is 637 g/mol. The summed E-state index contributed by atoms with van der Waals surface area (Å²) in [5.41, 5.74) is 12.0. The summed E-state index contributed by atoms with van der Waals surface area (Å²) in [4.78, 5) is 0. The molecule has 10 aromatic rings. The first kappa shape index (κ1) is 27.7. The molecule has 0 radical (unpaired) electrons. The molecule has 0 aliphatic heterocycles. The van der Waals surface area contributed by atoms with Gasteiger partial charge in [-0.1, -0.05) is 153 Å². The molecule has 0 saturated heterocycles. The van der Waals surface area contributed by atoms with Crippen LogP contribution in [0.4, 0.5) is 0 Å². The molecule has 0 unspecified atom stereocenters. The van der Waals surface area contributed by atoms with Crippen LogP contribution in [0.5, 0.6) is 0 Å². The van der Waals surface area contributed by atoms with E-state index in [-0.39, 0.29) is 5.41 Å². The number of hydrogen-bond acceptors (Lipinski definition) is 1. The molecule has 9 aromatic carbocycles. The predicted molar refractivity (Wildman–Crippen MR) is 212 cm³/mol. The Balaban J connectivity index is 1.36. The summed E-state index contributed by atoms with van der Waals surface area (Å²) in [6.45, 7) is 4.83. The summed E-state index contributed by atoms with van der Waals surface area (Å²) < 4.78 is 6.79. The van der Waals surface area contributed by atoms with Gasteiger partial charge >= 0.3 is 0 Å². The van der Waals surface area contributed by atoms with Crippen LogP contribution < -0.4 is 0 Å². The zero-order valence-electron chi connectivity index (χ0n) is 27.9. The van der Waals surface area contributed by atoms with Crippen molar-refractivity contribution in [1.82, 2.24) is 0 Å². The number of rotatable bonds is 2. The van der Waals surface area contributed by atoms with Crippen LogP contribution in [0.25, 0.3) is 98.4 Å². The number of fused-ring (bicyclic) bond motifs is 11. The molecule has 1 nitrogen and oxygen atoms in total. The van der Waals surface area contributed by atoms with E-state index in [4.69, 9.17) is 4.42 Å². The Bertz CT molecular complexity index is 3010. The van der Waals surface area contributed by atoms with Gasteiger partial charge in [0.15, 0.2) is 0 Å². The van der Waals surface area contributed by atoms with E-state index in [9.17, 15) is 0 Å². The minimum absolute atomic E-state index is 0.254. The number of benzene rings is 9. The van der Waals surface area contributed by atoms with Crippen LogP contribution in [0, 0.1) is 0 Å². The zero-order chi connectivity index (χ0) is 33.1. The molecule has 0 atom stereocenters.